The van der Waals surface area contributed by atoms with Gasteiger partial charge in [0.2, 0.25) is 0 Å². The van der Waals surface area contributed by atoms with Crippen molar-refractivity contribution in [3.63, 3.8) is 0 Å². The van der Waals surface area contributed by atoms with E-state index in [9.17, 15) is 29.4 Å². The van der Waals surface area contributed by atoms with Crippen molar-refractivity contribution in [3.05, 3.63) is 24.0 Å². The molecule has 166 valence electrons. The van der Waals surface area contributed by atoms with Crippen LogP contribution in [0, 0.1) is 0 Å². The number of allylic oxidation sites excluding steroid dienone is 1. The Hall–Kier alpha value is -2.96. The van der Waals surface area contributed by atoms with Crippen LogP contribution in [-0.2, 0) is 38.1 Å². The van der Waals surface area contributed by atoms with Gasteiger partial charge in [-0.25, -0.2) is 9.59 Å². The topological polar surface area (TPSA) is 169 Å². The number of esters is 3. The number of ether oxygens (including phenoxy) is 4. The maximum Gasteiger partial charge on any atom is 0.335 e. The van der Waals surface area contributed by atoms with Crippen LogP contribution in [0.1, 0.15) is 19.8 Å². The largest absolute Gasteiger partial charge is 0.478 e. The molecule has 0 aromatic rings. The predicted octanol–water partition coefficient (Wildman–Crippen LogP) is -1.34. The van der Waals surface area contributed by atoms with E-state index in [1.54, 1.807) is 6.08 Å². The molecule has 0 spiro atoms. The molecule has 2 aliphatic heterocycles. The molecular formula is C18H23NO11. The number of methoxy groups -OCH3 is 1. The first-order valence-electron chi connectivity index (χ1n) is 8.94. The number of carbonyl (C=O) groups excluding carboxylic acids is 3. The van der Waals surface area contributed by atoms with Crippen LogP contribution in [0.3, 0.4) is 0 Å². The maximum atomic E-state index is 11.9. The summed E-state index contributed by atoms with van der Waals surface area (Å²) in [6.45, 7) is 0.613. The lowest BCUT2D eigenvalue weighted by Gasteiger charge is -2.28. The van der Waals surface area contributed by atoms with Gasteiger partial charge in [-0.15, -0.1) is 0 Å². The van der Waals surface area contributed by atoms with Crippen LogP contribution in [0.2, 0.25) is 0 Å². The molecule has 12 nitrogen and oxygen atoms in total. The molecule has 3 N–H and O–H groups in total. The molecule has 30 heavy (non-hydrogen) atoms. The number of rotatable bonds is 8. The Kier molecular flexibility index (Phi) is 7.92. The molecule has 0 bridgehead atoms. The zero-order valence-corrected chi connectivity index (χ0v) is 16.3. The molecule has 0 saturated carbocycles. The fourth-order valence-corrected chi connectivity index (χ4v) is 2.90. The second-order valence-electron chi connectivity index (χ2n) is 6.55. The molecule has 12 heteroatoms. The van der Waals surface area contributed by atoms with Gasteiger partial charge in [-0.2, -0.15) is 0 Å². The van der Waals surface area contributed by atoms with E-state index in [0.717, 1.165) is 14.0 Å². The summed E-state index contributed by atoms with van der Waals surface area (Å²) in [5.74, 6) is -3.81. The minimum atomic E-state index is -1.77. The molecular weight excluding hydrogens is 406 g/mol. The zero-order chi connectivity index (χ0) is 22.4. The van der Waals surface area contributed by atoms with E-state index < -0.39 is 67.5 Å². The van der Waals surface area contributed by atoms with Crippen molar-refractivity contribution in [3.8, 4) is 0 Å². The Balaban J connectivity index is 2.08. The molecule has 2 heterocycles. The number of aliphatic hydroxyl groups excluding tert-OH is 2. The highest BCUT2D eigenvalue weighted by atomic mass is 16.6. The lowest BCUT2D eigenvalue weighted by molar-refractivity contribution is -0.166. The van der Waals surface area contributed by atoms with Crippen molar-refractivity contribution in [2.75, 3.05) is 13.7 Å². The van der Waals surface area contributed by atoms with E-state index in [1.807, 2.05) is 0 Å². The smallest absolute Gasteiger partial charge is 0.335 e. The molecule has 1 saturated heterocycles. The average Bonchev–Trinajstić information content (AvgIpc) is 3.01. The molecule has 2 aliphatic rings. The Morgan fingerprint density at radius 1 is 1.33 bits per heavy atom. The zero-order valence-electron chi connectivity index (χ0n) is 16.3. The van der Waals surface area contributed by atoms with Crippen LogP contribution in [0.4, 0.5) is 0 Å². The second kappa shape index (κ2) is 10.2. The van der Waals surface area contributed by atoms with Crippen LogP contribution in [0.15, 0.2) is 24.0 Å². The minimum Gasteiger partial charge on any atom is -0.478 e. The number of hydrogen-bond donors (Lipinski definition) is 3. The second-order valence-corrected chi connectivity index (χ2v) is 6.55. The first-order chi connectivity index (χ1) is 14.1. The van der Waals surface area contributed by atoms with Gasteiger partial charge in [-0.1, -0.05) is 6.08 Å². The lowest BCUT2D eigenvalue weighted by Crippen LogP contribution is -2.42. The van der Waals surface area contributed by atoms with E-state index in [0.29, 0.717) is 0 Å². The summed E-state index contributed by atoms with van der Waals surface area (Å²) >= 11 is 0. The molecule has 0 aromatic carbocycles. The SMILES string of the molecule is COC(=O)C[C@H](O)C(=O)OC[C@H]1O[C@@H](N2C=CCC(C(=O)O)=C2)[C@H](O)[C@@H]1OC(C)=O. The van der Waals surface area contributed by atoms with Crippen molar-refractivity contribution < 1.29 is 53.4 Å². The van der Waals surface area contributed by atoms with Crippen molar-refractivity contribution >= 4 is 23.9 Å². The highest BCUT2D eigenvalue weighted by molar-refractivity contribution is 5.87. The molecule has 0 amide bonds. The van der Waals surface area contributed by atoms with Gasteiger partial charge in [-0.3, -0.25) is 9.59 Å². The summed E-state index contributed by atoms with van der Waals surface area (Å²) in [6, 6.07) is 0. The fourth-order valence-electron chi connectivity index (χ4n) is 2.90. The van der Waals surface area contributed by atoms with Gasteiger partial charge in [0, 0.05) is 25.7 Å². The fraction of sp³-hybridized carbons (Fsp3) is 0.556. The third-order valence-corrected chi connectivity index (χ3v) is 4.35. The minimum absolute atomic E-state index is 0.0538. The quantitative estimate of drug-likeness (QED) is 0.307. The van der Waals surface area contributed by atoms with Crippen LogP contribution in [0.25, 0.3) is 0 Å². The monoisotopic (exact) mass is 429 g/mol. The highest BCUT2D eigenvalue weighted by Crippen LogP contribution is 2.29. The van der Waals surface area contributed by atoms with Gasteiger partial charge >= 0.3 is 23.9 Å². The van der Waals surface area contributed by atoms with E-state index in [4.69, 9.17) is 19.3 Å². The molecule has 0 radical (unpaired) electrons. The summed E-state index contributed by atoms with van der Waals surface area (Å²) in [4.78, 5) is 46.9. The molecule has 0 unspecified atom stereocenters. The van der Waals surface area contributed by atoms with Crippen molar-refractivity contribution in [2.24, 2.45) is 0 Å². The summed E-state index contributed by atoms with van der Waals surface area (Å²) in [5.41, 5.74) is 0.0538. The van der Waals surface area contributed by atoms with Crippen LogP contribution < -0.4 is 0 Å². The van der Waals surface area contributed by atoms with Gasteiger partial charge in [0.05, 0.1) is 19.1 Å². The number of hydrogen-bond acceptors (Lipinski definition) is 11. The molecule has 1 fully saturated rings. The van der Waals surface area contributed by atoms with Crippen LogP contribution >= 0.6 is 0 Å². The average molecular weight is 429 g/mol. The Labute approximate surface area is 171 Å². The number of carboxylic acids is 1. The summed E-state index contributed by atoms with van der Waals surface area (Å²) in [5, 5.41) is 29.4. The summed E-state index contributed by atoms with van der Waals surface area (Å²) < 4.78 is 20.0. The molecule has 5 atom stereocenters. The number of aliphatic carboxylic acids is 1. The first kappa shape index (κ1) is 23.3. The van der Waals surface area contributed by atoms with Crippen LogP contribution in [-0.4, -0.2) is 88.5 Å². The standard InChI is InChI=1S/C18H23NO11/c1-9(20)29-15-12(8-28-18(26)11(21)6-13(22)27-2)30-16(14(15)23)19-5-3-4-10(7-19)17(24)25/h3,5,7,11-12,14-16,21,23H,4,6,8H2,1-2H3,(H,24,25)/t11-,12+,14+,15+,16+/m0/s1. The Bertz CT molecular complexity index is 746. The van der Waals surface area contributed by atoms with Gasteiger partial charge < -0.3 is 39.2 Å². The maximum absolute atomic E-state index is 11.9. The van der Waals surface area contributed by atoms with Crippen molar-refractivity contribution in [1.82, 2.24) is 4.90 Å². The van der Waals surface area contributed by atoms with Gasteiger partial charge in [0.1, 0.15) is 18.8 Å². The third kappa shape index (κ3) is 5.78. The third-order valence-electron chi connectivity index (χ3n) is 4.35. The Morgan fingerprint density at radius 3 is 2.63 bits per heavy atom. The van der Waals surface area contributed by atoms with Crippen molar-refractivity contribution in [2.45, 2.75) is 50.4 Å². The van der Waals surface area contributed by atoms with E-state index in [2.05, 4.69) is 4.74 Å². The van der Waals surface area contributed by atoms with Crippen LogP contribution in [0.5, 0.6) is 0 Å². The van der Waals surface area contributed by atoms with Crippen molar-refractivity contribution in [1.29, 1.82) is 0 Å². The Morgan fingerprint density at radius 2 is 2.03 bits per heavy atom. The predicted molar refractivity (Wildman–Crippen MR) is 95.1 cm³/mol. The number of carbonyl (C=O) groups is 4. The molecule has 2 rings (SSSR count). The summed E-state index contributed by atoms with van der Waals surface area (Å²) in [7, 11) is 1.09. The highest BCUT2D eigenvalue weighted by Gasteiger charge is 2.48. The summed E-state index contributed by atoms with van der Waals surface area (Å²) in [6.07, 6.45) is -2.72. The van der Waals surface area contributed by atoms with Gasteiger partial charge in [0.15, 0.2) is 18.4 Å². The van der Waals surface area contributed by atoms with Gasteiger partial charge in [-0.05, 0) is 0 Å². The molecule has 0 aromatic heterocycles. The lowest BCUT2D eigenvalue weighted by atomic mass is 10.1. The number of nitrogens with zero attached hydrogens (tertiary/aromatic N) is 1. The van der Waals surface area contributed by atoms with Gasteiger partial charge in [0.25, 0.3) is 0 Å². The first-order valence-corrected chi connectivity index (χ1v) is 8.94. The number of carboxylic acid groups (broad SMARTS) is 1. The molecule has 0 aliphatic carbocycles. The van der Waals surface area contributed by atoms with E-state index in [1.165, 1.54) is 17.3 Å². The van der Waals surface area contributed by atoms with E-state index >= 15 is 0 Å². The number of aliphatic hydroxyl groups is 2. The normalized spacial score (nSPS) is 26.5. The van der Waals surface area contributed by atoms with E-state index in [-0.39, 0.29) is 12.0 Å².